The van der Waals surface area contributed by atoms with Crippen LogP contribution in [-0.4, -0.2) is 29.8 Å². The summed E-state index contributed by atoms with van der Waals surface area (Å²) in [5.41, 5.74) is 1.62. The van der Waals surface area contributed by atoms with Crippen molar-refractivity contribution in [3.8, 4) is 0 Å². The van der Waals surface area contributed by atoms with Crippen LogP contribution in [-0.2, 0) is 4.79 Å². The molecule has 1 saturated heterocycles. The topological polar surface area (TPSA) is 49.4 Å². The third-order valence-corrected chi connectivity index (χ3v) is 6.58. The van der Waals surface area contributed by atoms with E-state index in [9.17, 15) is 14.0 Å². The van der Waals surface area contributed by atoms with E-state index in [1.165, 1.54) is 12.1 Å². The Kier molecular flexibility index (Phi) is 7.01. The van der Waals surface area contributed by atoms with Gasteiger partial charge in [0.2, 0.25) is 5.91 Å². The molecule has 0 aromatic heterocycles. The quantitative estimate of drug-likeness (QED) is 0.498. The molecule has 4 rings (SSSR count). The molecule has 178 valence electrons. The molecular formula is C29H33FN2O2. The van der Waals surface area contributed by atoms with Crippen molar-refractivity contribution in [1.29, 1.82) is 0 Å². The van der Waals surface area contributed by atoms with Crippen molar-refractivity contribution in [2.24, 2.45) is 11.3 Å². The van der Waals surface area contributed by atoms with Gasteiger partial charge in [-0.3, -0.25) is 9.59 Å². The average molecular weight is 461 g/mol. The number of piperidine rings is 1. The summed E-state index contributed by atoms with van der Waals surface area (Å²) in [6.45, 7) is 7.51. The summed E-state index contributed by atoms with van der Waals surface area (Å²) in [6.07, 6.45) is 2.02. The second-order valence-corrected chi connectivity index (χ2v) is 10.5. The molecule has 3 aromatic carbocycles. The van der Waals surface area contributed by atoms with Crippen molar-refractivity contribution in [2.45, 2.75) is 46.1 Å². The van der Waals surface area contributed by atoms with Gasteiger partial charge >= 0.3 is 0 Å². The lowest BCUT2D eigenvalue weighted by Crippen LogP contribution is -2.44. The van der Waals surface area contributed by atoms with Gasteiger partial charge in [0, 0.05) is 24.6 Å². The lowest BCUT2D eigenvalue weighted by molar-refractivity contribution is -0.127. The number of halogens is 1. The highest BCUT2D eigenvalue weighted by molar-refractivity contribution is 6.07. The van der Waals surface area contributed by atoms with Gasteiger partial charge in [-0.1, -0.05) is 69.3 Å². The van der Waals surface area contributed by atoms with Crippen LogP contribution in [0.3, 0.4) is 0 Å². The summed E-state index contributed by atoms with van der Waals surface area (Å²) in [4.78, 5) is 28.3. The van der Waals surface area contributed by atoms with Crippen molar-refractivity contribution in [3.05, 3.63) is 83.7 Å². The van der Waals surface area contributed by atoms with Gasteiger partial charge in [-0.15, -0.1) is 0 Å². The fourth-order valence-electron chi connectivity index (χ4n) is 4.78. The zero-order valence-corrected chi connectivity index (χ0v) is 20.2. The predicted octanol–water partition coefficient (Wildman–Crippen LogP) is 6.12. The van der Waals surface area contributed by atoms with Gasteiger partial charge in [-0.25, -0.2) is 4.39 Å². The van der Waals surface area contributed by atoms with E-state index in [0.29, 0.717) is 31.5 Å². The van der Waals surface area contributed by atoms with E-state index in [1.807, 2.05) is 47.4 Å². The molecule has 1 aliphatic rings. The van der Waals surface area contributed by atoms with Crippen LogP contribution in [0, 0.1) is 17.2 Å². The highest BCUT2D eigenvalue weighted by atomic mass is 19.1. The lowest BCUT2D eigenvalue weighted by Gasteiger charge is -2.33. The molecular weight excluding hydrogens is 427 g/mol. The second kappa shape index (κ2) is 9.96. The number of carbonyl (C=O) groups is 2. The number of nitrogens with one attached hydrogen (secondary N) is 1. The molecule has 0 bridgehead atoms. The van der Waals surface area contributed by atoms with Crippen LogP contribution < -0.4 is 5.32 Å². The Labute approximate surface area is 201 Å². The first-order chi connectivity index (χ1) is 16.2. The molecule has 0 aliphatic carbocycles. The summed E-state index contributed by atoms with van der Waals surface area (Å²) < 4.78 is 13.4. The number of fused-ring (bicyclic) bond motifs is 1. The van der Waals surface area contributed by atoms with Gasteiger partial charge < -0.3 is 10.2 Å². The van der Waals surface area contributed by atoms with E-state index in [4.69, 9.17) is 0 Å². The number of likely N-dealkylation sites (tertiary alicyclic amines) is 1. The van der Waals surface area contributed by atoms with Gasteiger partial charge in [0.05, 0.1) is 6.04 Å². The minimum Gasteiger partial charge on any atom is -0.349 e. The lowest BCUT2D eigenvalue weighted by atomic mass is 9.85. The standard InChI is InChI=1S/C29H33FN2O2/c1-29(2,3)19-26(21-11-13-23(30)14-12-21)31-27(33)22-15-17-32(18-16-22)28(34)25-10-6-8-20-7-4-5-9-24(20)25/h4-14,22,26H,15-19H2,1-3H3,(H,31,33). The molecule has 5 heteroatoms. The third kappa shape index (κ3) is 5.64. The molecule has 1 atom stereocenters. The van der Waals surface area contributed by atoms with E-state index < -0.39 is 0 Å². The molecule has 1 heterocycles. The van der Waals surface area contributed by atoms with E-state index in [2.05, 4.69) is 26.1 Å². The van der Waals surface area contributed by atoms with Gasteiger partial charge in [-0.05, 0) is 59.2 Å². The summed E-state index contributed by atoms with van der Waals surface area (Å²) >= 11 is 0. The fourth-order valence-corrected chi connectivity index (χ4v) is 4.78. The minimum atomic E-state index is -0.284. The van der Waals surface area contributed by atoms with Crippen LogP contribution >= 0.6 is 0 Å². The molecule has 4 nitrogen and oxygen atoms in total. The monoisotopic (exact) mass is 460 g/mol. The van der Waals surface area contributed by atoms with E-state index >= 15 is 0 Å². The van der Waals surface area contributed by atoms with Crippen molar-refractivity contribution < 1.29 is 14.0 Å². The Bertz CT molecular complexity index is 1150. The van der Waals surface area contributed by atoms with Crippen LogP contribution in [0.5, 0.6) is 0 Å². The maximum Gasteiger partial charge on any atom is 0.254 e. The Hall–Kier alpha value is -3.21. The van der Waals surface area contributed by atoms with Crippen LogP contribution in [0.15, 0.2) is 66.7 Å². The zero-order chi connectivity index (χ0) is 24.3. The predicted molar refractivity (Wildman–Crippen MR) is 134 cm³/mol. The molecule has 34 heavy (non-hydrogen) atoms. The Balaban J connectivity index is 1.41. The van der Waals surface area contributed by atoms with Crippen LogP contribution in [0.1, 0.15) is 62.0 Å². The van der Waals surface area contributed by atoms with Crippen molar-refractivity contribution >= 4 is 22.6 Å². The molecule has 0 spiro atoms. The van der Waals surface area contributed by atoms with Crippen molar-refractivity contribution in [1.82, 2.24) is 10.2 Å². The molecule has 1 fully saturated rings. The average Bonchev–Trinajstić information content (AvgIpc) is 2.82. The maximum atomic E-state index is 13.4. The SMILES string of the molecule is CC(C)(C)CC(NC(=O)C1CCN(C(=O)c2cccc3ccccc23)CC1)c1ccc(F)cc1. The number of carbonyl (C=O) groups excluding carboxylic acids is 2. The van der Waals surface area contributed by atoms with Gasteiger partial charge in [0.25, 0.3) is 5.91 Å². The number of hydrogen-bond donors (Lipinski definition) is 1. The molecule has 1 unspecified atom stereocenters. The number of hydrogen-bond acceptors (Lipinski definition) is 2. The van der Waals surface area contributed by atoms with E-state index in [-0.39, 0.29) is 35.0 Å². The smallest absolute Gasteiger partial charge is 0.254 e. The first-order valence-corrected chi connectivity index (χ1v) is 12.0. The Morgan fingerprint density at radius 2 is 1.62 bits per heavy atom. The number of benzene rings is 3. The normalized spacial score (nSPS) is 15.8. The molecule has 1 aliphatic heterocycles. The second-order valence-electron chi connectivity index (χ2n) is 10.5. The highest BCUT2D eigenvalue weighted by Gasteiger charge is 2.30. The number of amides is 2. The first-order valence-electron chi connectivity index (χ1n) is 12.0. The summed E-state index contributed by atoms with van der Waals surface area (Å²) in [5, 5.41) is 5.22. The summed E-state index contributed by atoms with van der Waals surface area (Å²) in [6, 6.07) is 19.9. The molecule has 0 saturated carbocycles. The van der Waals surface area contributed by atoms with Crippen LogP contribution in [0.2, 0.25) is 0 Å². The van der Waals surface area contributed by atoms with Crippen LogP contribution in [0.25, 0.3) is 10.8 Å². The molecule has 1 N–H and O–H groups in total. The molecule has 0 radical (unpaired) electrons. The highest BCUT2D eigenvalue weighted by Crippen LogP contribution is 2.31. The number of rotatable bonds is 5. The van der Waals surface area contributed by atoms with Gasteiger partial charge in [0.15, 0.2) is 0 Å². The zero-order valence-electron chi connectivity index (χ0n) is 20.2. The van der Waals surface area contributed by atoms with Gasteiger partial charge in [-0.2, -0.15) is 0 Å². The summed E-state index contributed by atoms with van der Waals surface area (Å²) in [7, 11) is 0. The van der Waals surface area contributed by atoms with Crippen molar-refractivity contribution in [2.75, 3.05) is 13.1 Å². The minimum absolute atomic E-state index is 0.000569. The van der Waals surface area contributed by atoms with E-state index in [0.717, 1.165) is 22.8 Å². The van der Waals surface area contributed by atoms with Crippen molar-refractivity contribution in [3.63, 3.8) is 0 Å². The van der Waals surface area contributed by atoms with E-state index in [1.54, 1.807) is 12.1 Å². The molecule has 2 amide bonds. The third-order valence-electron chi connectivity index (χ3n) is 6.58. The Morgan fingerprint density at radius 3 is 2.29 bits per heavy atom. The summed E-state index contributed by atoms with van der Waals surface area (Å²) in [5.74, 6) is -0.393. The fraction of sp³-hybridized carbons (Fsp3) is 0.379. The maximum absolute atomic E-state index is 13.4. The number of nitrogens with zero attached hydrogens (tertiary/aromatic N) is 1. The molecule has 3 aromatic rings. The van der Waals surface area contributed by atoms with Gasteiger partial charge in [0.1, 0.15) is 5.82 Å². The van der Waals surface area contributed by atoms with Crippen LogP contribution in [0.4, 0.5) is 4.39 Å². The Morgan fingerprint density at radius 1 is 0.971 bits per heavy atom. The first kappa shape index (κ1) is 23.9. The largest absolute Gasteiger partial charge is 0.349 e.